The quantitative estimate of drug-likeness (QED) is 0.731. The number of hydrogen-bond donors (Lipinski definition) is 1. The molecule has 7 heteroatoms. The highest BCUT2D eigenvalue weighted by molar-refractivity contribution is 5.56. The van der Waals surface area contributed by atoms with Crippen LogP contribution in [-0.4, -0.2) is 26.7 Å². The summed E-state index contributed by atoms with van der Waals surface area (Å²) in [6.07, 6.45) is 1.42. The Bertz CT molecular complexity index is 769. The van der Waals surface area contributed by atoms with Crippen LogP contribution in [0.1, 0.15) is 5.69 Å². The van der Waals surface area contributed by atoms with Crippen molar-refractivity contribution in [2.24, 2.45) is 0 Å². The van der Waals surface area contributed by atoms with Gasteiger partial charge in [-0.1, -0.05) is 0 Å². The molecule has 0 radical (unpaired) electrons. The van der Waals surface area contributed by atoms with Crippen LogP contribution in [0.25, 0.3) is 5.78 Å². The molecule has 2 N–H and O–H groups in total. The molecule has 0 saturated carbocycles. The SMILES string of the molecule is COc1ccc(N)c(Oc2cc(C)nc3ncnn23)c1. The molecule has 0 amide bonds. The molecule has 20 heavy (non-hydrogen) atoms. The third-order valence-corrected chi connectivity index (χ3v) is 2.78. The highest BCUT2D eigenvalue weighted by Crippen LogP contribution is 2.31. The summed E-state index contributed by atoms with van der Waals surface area (Å²) in [7, 11) is 1.58. The van der Waals surface area contributed by atoms with Gasteiger partial charge in [-0.2, -0.15) is 14.6 Å². The van der Waals surface area contributed by atoms with Crippen molar-refractivity contribution >= 4 is 11.5 Å². The van der Waals surface area contributed by atoms with Gasteiger partial charge in [0.05, 0.1) is 12.8 Å². The van der Waals surface area contributed by atoms with Gasteiger partial charge in [0.15, 0.2) is 5.75 Å². The van der Waals surface area contributed by atoms with Gasteiger partial charge in [0.25, 0.3) is 5.78 Å². The van der Waals surface area contributed by atoms with Gasteiger partial charge in [-0.25, -0.2) is 4.98 Å². The molecular formula is C13H13N5O2. The molecule has 0 aliphatic rings. The lowest BCUT2D eigenvalue weighted by Crippen LogP contribution is -2.01. The Morgan fingerprint density at radius 3 is 2.90 bits per heavy atom. The summed E-state index contributed by atoms with van der Waals surface area (Å²) in [6, 6.07) is 6.97. The van der Waals surface area contributed by atoms with E-state index in [1.54, 1.807) is 31.4 Å². The van der Waals surface area contributed by atoms with Crippen molar-refractivity contribution in [2.75, 3.05) is 12.8 Å². The van der Waals surface area contributed by atoms with Gasteiger partial charge in [-0.15, -0.1) is 0 Å². The van der Waals surface area contributed by atoms with Crippen LogP contribution < -0.4 is 15.2 Å². The van der Waals surface area contributed by atoms with Crippen LogP contribution in [0.2, 0.25) is 0 Å². The molecule has 0 unspecified atom stereocenters. The van der Waals surface area contributed by atoms with Crippen LogP contribution in [0.15, 0.2) is 30.6 Å². The number of nitrogen functional groups attached to an aromatic ring is 1. The summed E-state index contributed by atoms with van der Waals surface area (Å²) >= 11 is 0. The van der Waals surface area contributed by atoms with E-state index >= 15 is 0 Å². The zero-order valence-corrected chi connectivity index (χ0v) is 11.1. The van der Waals surface area contributed by atoms with Crippen molar-refractivity contribution in [1.82, 2.24) is 19.6 Å². The Balaban J connectivity index is 2.07. The summed E-state index contributed by atoms with van der Waals surface area (Å²) in [4.78, 5) is 8.29. The maximum atomic E-state index is 5.91. The number of anilines is 1. The van der Waals surface area contributed by atoms with E-state index in [9.17, 15) is 0 Å². The number of aryl methyl sites for hydroxylation is 1. The van der Waals surface area contributed by atoms with E-state index in [0.29, 0.717) is 28.8 Å². The highest BCUT2D eigenvalue weighted by Gasteiger charge is 2.10. The molecule has 0 fully saturated rings. The molecule has 2 aromatic heterocycles. The summed E-state index contributed by atoms with van der Waals surface area (Å²) < 4.78 is 12.5. The number of aromatic nitrogens is 4. The fraction of sp³-hybridized carbons (Fsp3) is 0.154. The Labute approximate surface area is 115 Å². The summed E-state index contributed by atoms with van der Waals surface area (Å²) in [5.41, 5.74) is 7.20. The van der Waals surface area contributed by atoms with Crippen LogP contribution in [0.3, 0.4) is 0 Å². The van der Waals surface area contributed by atoms with E-state index in [2.05, 4.69) is 15.1 Å². The van der Waals surface area contributed by atoms with Crippen LogP contribution in [0.4, 0.5) is 5.69 Å². The smallest absolute Gasteiger partial charge is 0.255 e. The van der Waals surface area contributed by atoms with Crippen LogP contribution >= 0.6 is 0 Å². The first-order chi connectivity index (χ1) is 9.67. The molecule has 0 bridgehead atoms. The second-order valence-corrected chi connectivity index (χ2v) is 4.21. The fourth-order valence-electron chi connectivity index (χ4n) is 1.81. The molecule has 0 aliphatic carbocycles. The van der Waals surface area contributed by atoms with Crippen LogP contribution in [0, 0.1) is 6.92 Å². The maximum Gasteiger partial charge on any atom is 0.255 e. The van der Waals surface area contributed by atoms with Crippen molar-refractivity contribution in [3.05, 3.63) is 36.3 Å². The van der Waals surface area contributed by atoms with Crippen molar-refractivity contribution in [3.63, 3.8) is 0 Å². The van der Waals surface area contributed by atoms with E-state index in [1.807, 2.05) is 6.92 Å². The third-order valence-electron chi connectivity index (χ3n) is 2.78. The summed E-state index contributed by atoms with van der Waals surface area (Å²) in [6.45, 7) is 1.86. The van der Waals surface area contributed by atoms with E-state index in [4.69, 9.17) is 15.2 Å². The first-order valence-electron chi connectivity index (χ1n) is 5.96. The predicted molar refractivity (Wildman–Crippen MR) is 73.0 cm³/mol. The Morgan fingerprint density at radius 2 is 2.10 bits per heavy atom. The zero-order chi connectivity index (χ0) is 14.1. The van der Waals surface area contributed by atoms with Gasteiger partial charge >= 0.3 is 0 Å². The van der Waals surface area contributed by atoms with Gasteiger partial charge in [-0.3, -0.25) is 0 Å². The van der Waals surface area contributed by atoms with E-state index < -0.39 is 0 Å². The van der Waals surface area contributed by atoms with E-state index in [-0.39, 0.29) is 0 Å². The number of fused-ring (bicyclic) bond motifs is 1. The average molecular weight is 271 g/mol. The van der Waals surface area contributed by atoms with Gasteiger partial charge in [0, 0.05) is 17.8 Å². The molecule has 2 heterocycles. The second kappa shape index (κ2) is 4.69. The topological polar surface area (TPSA) is 87.6 Å². The lowest BCUT2D eigenvalue weighted by atomic mass is 10.3. The number of hydrogen-bond acceptors (Lipinski definition) is 6. The Hall–Kier alpha value is -2.83. The van der Waals surface area contributed by atoms with E-state index in [0.717, 1.165) is 5.69 Å². The number of rotatable bonds is 3. The highest BCUT2D eigenvalue weighted by atomic mass is 16.5. The Morgan fingerprint density at radius 1 is 1.25 bits per heavy atom. The van der Waals surface area contributed by atoms with Gasteiger partial charge in [-0.05, 0) is 19.1 Å². The van der Waals surface area contributed by atoms with Gasteiger partial charge in [0.2, 0.25) is 5.88 Å². The minimum atomic E-state index is 0.474. The molecule has 102 valence electrons. The third kappa shape index (κ3) is 2.09. The van der Waals surface area contributed by atoms with Crippen LogP contribution in [0.5, 0.6) is 17.4 Å². The van der Waals surface area contributed by atoms with Gasteiger partial charge in [0.1, 0.15) is 12.1 Å². The standard InChI is InChI=1S/C13H13N5O2/c1-8-5-12(18-13(17-8)15-7-16-18)20-11-6-9(19-2)3-4-10(11)14/h3-7H,14H2,1-2H3. The largest absolute Gasteiger partial charge is 0.497 e. The minimum absolute atomic E-state index is 0.474. The molecule has 3 rings (SSSR count). The first kappa shape index (κ1) is 12.2. The van der Waals surface area contributed by atoms with Crippen molar-refractivity contribution in [1.29, 1.82) is 0 Å². The van der Waals surface area contributed by atoms with Crippen molar-refractivity contribution in [3.8, 4) is 17.4 Å². The number of ether oxygens (including phenoxy) is 2. The molecule has 0 aliphatic heterocycles. The van der Waals surface area contributed by atoms with E-state index in [1.165, 1.54) is 10.8 Å². The number of benzene rings is 1. The summed E-state index contributed by atoms with van der Waals surface area (Å²) in [5.74, 6) is 2.12. The molecule has 3 aromatic rings. The normalized spacial score (nSPS) is 10.7. The second-order valence-electron chi connectivity index (χ2n) is 4.21. The number of nitrogens with two attached hydrogens (primary N) is 1. The molecule has 0 spiro atoms. The van der Waals surface area contributed by atoms with Gasteiger partial charge < -0.3 is 15.2 Å². The van der Waals surface area contributed by atoms with Crippen LogP contribution in [-0.2, 0) is 0 Å². The lowest BCUT2D eigenvalue weighted by molar-refractivity contribution is 0.406. The summed E-state index contributed by atoms with van der Waals surface area (Å²) in [5, 5.41) is 4.07. The predicted octanol–water partition coefficient (Wildman–Crippen LogP) is 1.82. The molecule has 7 nitrogen and oxygen atoms in total. The van der Waals surface area contributed by atoms with Crippen molar-refractivity contribution < 1.29 is 9.47 Å². The minimum Gasteiger partial charge on any atom is -0.497 e. The van der Waals surface area contributed by atoms with Crippen molar-refractivity contribution in [2.45, 2.75) is 6.92 Å². The fourth-order valence-corrected chi connectivity index (χ4v) is 1.81. The molecular weight excluding hydrogens is 258 g/mol. The monoisotopic (exact) mass is 271 g/mol. The number of nitrogens with zero attached hydrogens (tertiary/aromatic N) is 4. The molecule has 1 aromatic carbocycles. The zero-order valence-electron chi connectivity index (χ0n) is 11.1. The average Bonchev–Trinajstić information content (AvgIpc) is 2.89. The number of methoxy groups -OCH3 is 1. The lowest BCUT2D eigenvalue weighted by Gasteiger charge is -2.11. The maximum absolute atomic E-state index is 5.91. The molecule has 0 saturated heterocycles. The first-order valence-corrected chi connectivity index (χ1v) is 5.96. The Kier molecular flexibility index (Phi) is 2.86. The molecule has 0 atom stereocenters.